The highest BCUT2D eigenvalue weighted by Gasteiger charge is 2.29. The molecule has 2 atom stereocenters. The highest BCUT2D eigenvalue weighted by molar-refractivity contribution is 6.69. The zero-order valence-electron chi connectivity index (χ0n) is 7.76. The average Bonchev–Trinajstić information content (AvgIpc) is 2.12. The maximum absolute atomic E-state index is 5.92. The van der Waals surface area contributed by atoms with Crippen LogP contribution in [0, 0.1) is 0 Å². The van der Waals surface area contributed by atoms with Gasteiger partial charge in [-0.2, -0.15) is 0 Å². The van der Waals surface area contributed by atoms with Crippen molar-refractivity contribution in [2.24, 2.45) is 5.73 Å². The van der Waals surface area contributed by atoms with Crippen molar-refractivity contribution in [2.75, 3.05) is 0 Å². The molecule has 0 spiro atoms. The molecular formula is C8H19NOSi. The first-order chi connectivity index (χ1) is 4.99. The lowest BCUT2D eigenvalue weighted by atomic mass is 10.2. The fraction of sp³-hybridized carbons (Fsp3) is 1.00. The first-order valence-corrected chi connectivity index (χ1v) is 7.83. The molecule has 2 nitrogen and oxygen atoms in total. The average molecular weight is 173 g/mol. The Morgan fingerprint density at radius 3 is 2.27 bits per heavy atom. The smallest absolute Gasteiger partial charge is 0.184 e. The molecule has 1 aliphatic carbocycles. The molecule has 0 radical (unpaired) electrons. The van der Waals surface area contributed by atoms with E-state index in [9.17, 15) is 0 Å². The molecule has 1 saturated carbocycles. The van der Waals surface area contributed by atoms with Crippen LogP contribution in [0.4, 0.5) is 0 Å². The van der Waals surface area contributed by atoms with E-state index in [4.69, 9.17) is 10.2 Å². The quantitative estimate of drug-likeness (QED) is 0.645. The Labute approximate surface area is 70.2 Å². The molecule has 0 bridgehead atoms. The molecule has 0 unspecified atom stereocenters. The predicted octanol–water partition coefficient (Wildman–Crippen LogP) is 1.72. The molecule has 66 valence electrons. The van der Waals surface area contributed by atoms with Gasteiger partial charge in [-0.15, -0.1) is 0 Å². The standard InChI is InChI=1S/C8H19NOSi/c1-11(2,3)10-8-6-4-5-7(8)9/h7-8H,4-6,9H2,1-3H3/t7-,8-/m0/s1. The molecule has 0 aromatic rings. The van der Waals surface area contributed by atoms with Gasteiger partial charge in [0.1, 0.15) is 0 Å². The van der Waals surface area contributed by atoms with Crippen molar-refractivity contribution in [2.45, 2.75) is 51.0 Å². The Morgan fingerprint density at radius 1 is 1.27 bits per heavy atom. The Balaban J connectivity index is 2.37. The SMILES string of the molecule is C[Si](C)(C)O[C@H]1CCC[C@@H]1N. The highest BCUT2D eigenvalue weighted by atomic mass is 28.4. The normalized spacial score (nSPS) is 32.7. The van der Waals surface area contributed by atoms with Gasteiger partial charge < -0.3 is 10.2 Å². The summed E-state index contributed by atoms with van der Waals surface area (Å²) in [5.74, 6) is 0. The van der Waals surface area contributed by atoms with Crippen LogP contribution in [-0.2, 0) is 4.43 Å². The van der Waals surface area contributed by atoms with Gasteiger partial charge in [-0.25, -0.2) is 0 Å². The number of hydrogen-bond donors (Lipinski definition) is 1. The van der Waals surface area contributed by atoms with Gasteiger partial charge in [0.15, 0.2) is 8.32 Å². The van der Waals surface area contributed by atoms with Crippen LogP contribution in [0.25, 0.3) is 0 Å². The number of nitrogens with two attached hydrogens (primary N) is 1. The van der Waals surface area contributed by atoms with Crippen LogP contribution in [0.2, 0.25) is 19.6 Å². The van der Waals surface area contributed by atoms with Gasteiger partial charge in [0.05, 0.1) is 6.10 Å². The van der Waals surface area contributed by atoms with Gasteiger partial charge >= 0.3 is 0 Å². The zero-order valence-corrected chi connectivity index (χ0v) is 8.76. The molecule has 2 N–H and O–H groups in total. The van der Waals surface area contributed by atoms with Crippen molar-refractivity contribution in [1.29, 1.82) is 0 Å². The lowest BCUT2D eigenvalue weighted by molar-refractivity contribution is 0.184. The van der Waals surface area contributed by atoms with E-state index in [1.54, 1.807) is 0 Å². The summed E-state index contributed by atoms with van der Waals surface area (Å²) in [6.45, 7) is 6.66. The molecule has 0 aliphatic heterocycles. The maximum atomic E-state index is 5.92. The van der Waals surface area contributed by atoms with Gasteiger partial charge in [-0.1, -0.05) is 0 Å². The van der Waals surface area contributed by atoms with E-state index >= 15 is 0 Å². The Morgan fingerprint density at radius 2 is 1.91 bits per heavy atom. The van der Waals surface area contributed by atoms with Crippen molar-refractivity contribution >= 4 is 8.32 Å². The third kappa shape index (κ3) is 2.93. The molecule has 1 rings (SSSR count). The molecule has 0 saturated heterocycles. The first-order valence-electron chi connectivity index (χ1n) is 4.42. The number of rotatable bonds is 2. The van der Waals surface area contributed by atoms with Crippen LogP contribution in [0.15, 0.2) is 0 Å². The van der Waals surface area contributed by atoms with E-state index in [0.717, 1.165) is 6.42 Å². The van der Waals surface area contributed by atoms with E-state index < -0.39 is 8.32 Å². The lowest BCUT2D eigenvalue weighted by Crippen LogP contribution is -2.39. The summed E-state index contributed by atoms with van der Waals surface area (Å²) in [5, 5.41) is 0. The van der Waals surface area contributed by atoms with E-state index in [0.29, 0.717) is 12.1 Å². The van der Waals surface area contributed by atoms with Crippen LogP contribution in [0.3, 0.4) is 0 Å². The summed E-state index contributed by atoms with van der Waals surface area (Å²) in [4.78, 5) is 0. The molecule has 11 heavy (non-hydrogen) atoms. The Hall–Kier alpha value is 0.137. The van der Waals surface area contributed by atoms with Gasteiger partial charge in [0, 0.05) is 6.04 Å². The topological polar surface area (TPSA) is 35.2 Å². The first kappa shape index (κ1) is 9.23. The van der Waals surface area contributed by atoms with Gasteiger partial charge in [-0.3, -0.25) is 0 Å². The van der Waals surface area contributed by atoms with Crippen molar-refractivity contribution in [3.05, 3.63) is 0 Å². The number of hydrogen-bond acceptors (Lipinski definition) is 2. The Bertz CT molecular complexity index is 133. The molecule has 0 aromatic heterocycles. The fourth-order valence-corrected chi connectivity index (χ4v) is 2.76. The largest absolute Gasteiger partial charge is 0.413 e. The second-order valence-electron chi connectivity index (χ2n) is 4.36. The van der Waals surface area contributed by atoms with Crippen LogP contribution in [0.5, 0.6) is 0 Å². The van der Waals surface area contributed by atoms with Crippen LogP contribution >= 0.6 is 0 Å². The third-order valence-electron chi connectivity index (χ3n) is 2.01. The summed E-state index contributed by atoms with van der Waals surface area (Å²) in [7, 11) is -1.34. The highest BCUT2D eigenvalue weighted by Crippen LogP contribution is 2.23. The summed E-state index contributed by atoms with van der Waals surface area (Å²) < 4.78 is 5.92. The van der Waals surface area contributed by atoms with Crippen LogP contribution in [-0.4, -0.2) is 20.5 Å². The maximum Gasteiger partial charge on any atom is 0.184 e. The molecular weight excluding hydrogens is 154 g/mol. The second-order valence-corrected chi connectivity index (χ2v) is 8.82. The van der Waals surface area contributed by atoms with Crippen molar-refractivity contribution in [1.82, 2.24) is 0 Å². The molecule has 3 heteroatoms. The second kappa shape index (κ2) is 3.25. The minimum atomic E-state index is -1.34. The summed E-state index contributed by atoms with van der Waals surface area (Å²) >= 11 is 0. The van der Waals surface area contributed by atoms with E-state index in [2.05, 4.69) is 19.6 Å². The van der Waals surface area contributed by atoms with E-state index in [1.165, 1.54) is 12.8 Å². The Kier molecular flexibility index (Phi) is 2.73. The third-order valence-corrected chi connectivity index (χ3v) is 3.02. The van der Waals surface area contributed by atoms with Gasteiger partial charge in [0.25, 0.3) is 0 Å². The van der Waals surface area contributed by atoms with Crippen molar-refractivity contribution < 1.29 is 4.43 Å². The molecule has 1 aliphatic rings. The van der Waals surface area contributed by atoms with Crippen molar-refractivity contribution in [3.63, 3.8) is 0 Å². The van der Waals surface area contributed by atoms with E-state index in [1.807, 2.05) is 0 Å². The summed E-state index contributed by atoms with van der Waals surface area (Å²) in [6.07, 6.45) is 3.93. The minimum Gasteiger partial charge on any atom is -0.413 e. The van der Waals surface area contributed by atoms with Gasteiger partial charge in [-0.05, 0) is 38.9 Å². The predicted molar refractivity (Wildman–Crippen MR) is 50.0 cm³/mol. The van der Waals surface area contributed by atoms with Crippen LogP contribution < -0.4 is 5.73 Å². The minimum absolute atomic E-state index is 0.307. The monoisotopic (exact) mass is 173 g/mol. The zero-order chi connectivity index (χ0) is 8.48. The lowest BCUT2D eigenvalue weighted by Gasteiger charge is -2.25. The van der Waals surface area contributed by atoms with Crippen LogP contribution in [0.1, 0.15) is 19.3 Å². The summed E-state index contributed by atoms with van der Waals surface area (Å²) in [6, 6.07) is 0.307. The fourth-order valence-electron chi connectivity index (χ4n) is 1.56. The van der Waals surface area contributed by atoms with Crippen molar-refractivity contribution in [3.8, 4) is 0 Å². The van der Waals surface area contributed by atoms with Gasteiger partial charge in [0.2, 0.25) is 0 Å². The summed E-state index contributed by atoms with van der Waals surface area (Å²) in [5.41, 5.74) is 5.88. The molecule has 0 heterocycles. The van der Waals surface area contributed by atoms with E-state index in [-0.39, 0.29) is 0 Å². The molecule has 0 amide bonds. The molecule has 1 fully saturated rings. The molecule has 0 aromatic carbocycles.